The van der Waals surface area contributed by atoms with Crippen LogP contribution in [0.15, 0.2) is 24.3 Å². The number of hydrogen-bond acceptors (Lipinski definition) is 4. The van der Waals surface area contributed by atoms with Gasteiger partial charge in [-0.2, -0.15) is 13.2 Å². The summed E-state index contributed by atoms with van der Waals surface area (Å²) in [5.74, 6) is -1.63. The number of likely N-dealkylation sites (tertiary alicyclic amines) is 1. The third kappa shape index (κ3) is 4.87. The van der Waals surface area contributed by atoms with E-state index in [2.05, 4.69) is 0 Å². The van der Waals surface area contributed by atoms with Crippen molar-refractivity contribution in [3.05, 3.63) is 29.8 Å². The standard InChI is InChI=1S/C15H16F3NO4/c1-22-12-4-2-3-10(5-12)8-23-14(21)11-6-13(20)19(7-11)9-15(16,17)18/h2-5,11H,6-9H2,1H3. The molecule has 2 rings (SSSR count). The van der Waals surface area contributed by atoms with Gasteiger partial charge in [-0.25, -0.2) is 0 Å². The SMILES string of the molecule is COc1cccc(COC(=O)C2CC(=O)N(CC(F)(F)F)C2)c1. The van der Waals surface area contributed by atoms with Crippen LogP contribution in [-0.2, 0) is 20.9 Å². The Kier molecular flexibility index (Phi) is 5.12. The van der Waals surface area contributed by atoms with Gasteiger partial charge in [0.1, 0.15) is 18.9 Å². The van der Waals surface area contributed by atoms with Crippen molar-refractivity contribution in [2.24, 2.45) is 5.92 Å². The van der Waals surface area contributed by atoms with Crippen molar-refractivity contribution >= 4 is 11.9 Å². The van der Waals surface area contributed by atoms with E-state index in [0.29, 0.717) is 16.2 Å². The Morgan fingerprint density at radius 1 is 1.39 bits per heavy atom. The highest BCUT2D eigenvalue weighted by molar-refractivity contribution is 5.86. The largest absolute Gasteiger partial charge is 0.497 e. The topological polar surface area (TPSA) is 55.8 Å². The number of methoxy groups -OCH3 is 1. The monoisotopic (exact) mass is 331 g/mol. The fraction of sp³-hybridized carbons (Fsp3) is 0.467. The molecule has 1 aliphatic rings. The first kappa shape index (κ1) is 17.1. The van der Waals surface area contributed by atoms with Gasteiger partial charge in [0.2, 0.25) is 5.91 Å². The molecule has 1 unspecified atom stereocenters. The summed E-state index contributed by atoms with van der Waals surface area (Å²) >= 11 is 0. The lowest BCUT2D eigenvalue weighted by Crippen LogP contribution is -2.35. The molecule has 1 atom stereocenters. The number of carbonyl (C=O) groups is 2. The molecule has 0 aromatic heterocycles. The van der Waals surface area contributed by atoms with Crippen molar-refractivity contribution < 1.29 is 32.2 Å². The van der Waals surface area contributed by atoms with Gasteiger partial charge in [-0.1, -0.05) is 12.1 Å². The van der Waals surface area contributed by atoms with E-state index < -0.39 is 30.5 Å². The maximum atomic E-state index is 12.3. The average Bonchev–Trinajstić information content (AvgIpc) is 2.84. The van der Waals surface area contributed by atoms with Crippen LogP contribution in [0, 0.1) is 5.92 Å². The molecule has 0 spiro atoms. The summed E-state index contributed by atoms with van der Waals surface area (Å²) in [6, 6.07) is 6.87. The first-order chi connectivity index (χ1) is 10.8. The molecule has 23 heavy (non-hydrogen) atoms. The van der Waals surface area contributed by atoms with Crippen molar-refractivity contribution in [1.82, 2.24) is 4.90 Å². The zero-order valence-electron chi connectivity index (χ0n) is 12.4. The average molecular weight is 331 g/mol. The molecular formula is C15H16F3NO4. The van der Waals surface area contributed by atoms with Crippen molar-refractivity contribution in [3.8, 4) is 5.75 Å². The van der Waals surface area contributed by atoms with E-state index in [1.54, 1.807) is 24.3 Å². The van der Waals surface area contributed by atoms with Crippen LogP contribution in [0.5, 0.6) is 5.75 Å². The maximum absolute atomic E-state index is 12.3. The number of alkyl halides is 3. The number of amides is 1. The van der Waals surface area contributed by atoms with Gasteiger partial charge in [0, 0.05) is 13.0 Å². The molecule has 1 saturated heterocycles. The number of halogens is 3. The number of esters is 1. The molecule has 0 N–H and O–H groups in total. The number of benzene rings is 1. The van der Waals surface area contributed by atoms with Gasteiger partial charge in [-0.3, -0.25) is 9.59 Å². The molecule has 0 saturated carbocycles. The summed E-state index contributed by atoms with van der Waals surface area (Å²) in [6.07, 6.45) is -4.73. The molecule has 126 valence electrons. The van der Waals surface area contributed by atoms with E-state index >= 15 is 0 Å². The molecule has 0 radical (unpaired) electrons. The van der Waals surface area contributed by atoms with Gasteiger partial charge < -0.3 is 14.4 Å². The van der Waals surface area contributed by atoms with Crippen molar-refractivity contribution in [1.29, 1.82) is 0 Å². The van der Waals surface area contributed by atoms with Crippen LogP contribution < -0.4 is 4.74 Å². The predicted octanol–water partition coefficient (Wildman–Crippen LogP) is 2.15. The van der Waals surface area contributed by atoms with E-state index in [9.17, 15) is 22.8 Å². The minimum absolute atomic E-state index is 0.0278. The molecular weight excluding hydrogens is 315 g/mol. The maximum Gasteiger partial charge on any atom is 0.406 e. The number of ether oxygens (including phenoxy) is 2. The Labute approximate surface area is 131 Å². The lowest BCUT2D eigenvalue weighted by molar-refractivity contribution is -0.158. The molecule has 1 amide bonds. The van der Waals surface area contributed by atoms with E-state index in [4.69, 9.17) is 9.47 Å². The van der Waals surface area contributed by atoms with Crippen LogP contribution in [-0.4, -0.2) is 43.2 Å². The third-order valence-corrected chi connectivity index (χ3v) is 3.43. The quantitative estimate of drug-likeness (QED) is 0.776. The van der Waals surface area contributed by atoms with Crippen molar-refractivity contribution in [2.75, 3.05) is 20.2 Å². The molecule has 1 heterocycles. The first-order valence-corrected chi connectivity index (χ1v) is 6.92. The molecule has 1 aliphatic heterocycles. The smallest absolute Gasteiger partial charge is 0.406 e. The van der Waals surface area contributed by atoms with E-state index in [0.717, 1.165) is 0 Å². The van der Waals surface area contributed by atoms with Crippen LogP contribution in [0.1, 0.15) is 12.0 Å². The second-order valence-corrected chi connectivity index (χ2v) is 5.25. The van der Waals surface area contributed by atoms with Gasteiger partial charge in [0.15, 0.2) is 0 Å². The molecule has 5 nitrogen and oxygen atoms in total. The Bertz CT molecular complexity index is 588. The summed E-state index contributed by atoms with van der Waals surface area (Å²) in [5, 5.41) is 0. The van der Waals surface area contributed by atoms with Gasteiger partial charge >= 0.3 is 12.1 Å². The molecule has 1 fully saturated rings. The first-order valence-electron chi connectivity index (χ1n) is 6.92. The fourth-order valence-electron chi connectivity index (χ4n) is 2.33. The highest BCUT2D eigenvalue weighted by Gasteiger charge is 2.41. The fourth-order valence-corrected chi connectivity index (χ4v) is 2.33. The van der Waals surface area contributed by atoms with Crippen molar-refractivity contribution in [2.45, 2.75) is 19.2 Å². The molecule has 0 aliphatic carbocycles. The van der Waals surface area contributed by atoms with Crippen molar-refractivity contribution in [3.63, 3.8) is 0 Å². The minimum atomic E-state index is -4.48. The van der Waals surface area contributed by atoms with E-state index in [-0.39, 0.29) is 19.6 Å². The number of carbonyl (C=O) groups excluding carboxylic acids is 2. The van der Waals surface area contributed by atoms with Gasteiger partial charge in [-0.15, -0.1) is 0 Å². The van der Waals surface area contributed by atoms with Crippen LogP contribution in [0.2, 0.25) is 0 Å². The summed E-state index contributed by atoms with van der Waals surface area (Å²) in [7, 11) is 1.50. The number of rotatable bonds is 5. The highest BCUT2D eigenvalue weighted by Crippen LogP contribution is 2.25. The molecule has 0 bridgehead atoms. The Balaban J connectivity index is 1.88. The molecule has 1 aromatic rings. The second-order valence-electron chi connectivity index (χ2n) is 5.25. The minimum Gasteiger partial charge on any atom is -0.497 e. The third-order valence-electron chi connectivity index (χ3n) is 3.43. The lowest BCUT2D eigenvalue weighted by Gasteiger charge is -2.18. The Morgan fingerprint density at radius 2 is 2.13 bits per heavy atom. The zero-order valence-corrected chi connectivity index (χ0v) is 12.4. The zero-order chi connectivity index (χ0) is 17.0. The predicted molar refractivity (Wildman–Crippen MR) is 73.5 cm³/mol. The molecule has 1 aromatic carbocycles. The van der Waals surface area contributed by atoms with Gasteiger partial charge in [-0.05, 0) is 17.7 Å². The van der Waals surface area contributed by atoms with E-state index in [1.165, 1.54) is 7.11 Å². The number of hydrogen-bond donors (Lipinski definition) is 0. The normalized spacial score (nSPS) is 18.2. The Morgan fingerprint density at radius 3 is 2.78 bits per heavy atom. The summed E-state index contributed by atoms with van der Waals surface area (Å²) in [5.41, 5.74) is 0.689. The lowest BCUT2D eigenvalue weighted by atomic mass is 10.1. The van der Waals surface area contributed by atoms with Crippen LogP contribution >= 0.6 is 0 Å². The molecule has 8 heteroatoms. The second kappa shape index (κ2) is 6.89. The van der Waals surface area contributed by atoms with E-state index in [1.807, 2.05) is 0 Å². The summed E-state index contributed by atoms with van der Waals surface area (Å²) in [6.45, 7) is -1.64. The summed E-state index contributed by atoms with van der Waals surface area (Å²) in [4.78, 5) is 24.1. The van der Waals surface area contributed by atoms with Crippen LogP contribution in [0.25, 0.3) is 0 Å². The Hall–Kier alpha value is -2.25. The highest BCUT2D eigenvalue weighted by atomic mass is 19.4. The van der Waals surface area contributed by atoms with Gasteiger partial charge in [0.25, 0.3) is 0 Å². The van der Waals surface area contributed by atoms with Crippen LogP contribution in [0.4, 0.5) is 13.2 Å². The van der Waals surface area contributed by atoms with Gasteiger partial charge in [0.05, 0.1) is 13.0 Å². The summed E-state index contributed by atoms with van der Waals surface area (Å²) < 4.78 is 47.1. The number of nitrogens with zero attached hydrogens (tertiary/aromatic N) is 1. The van der Waals surface area contributed by atoms with Crippen LogP contribution in [0.3, 0.4) is 0 Å².